The number of ether oxygens (including phenoxy) is 1. The van der Waals surface area contributed by atoms with Crippen LogP contribution in [0, 0.1) is 0 Å². The van der Waals surface area contributed by atoms with Crippen LogP contribution in [0.3, 0.4) is 0 Å². The van der Waals surface area contributed by atoms with Gasteiger partial charge in [-0.15, -0.1) is 0 Å². The molecule has 0 fully saturated rings. The second kappa shape index (κ2) is 13.6. The molecule has 28 heavy (non-hydrogen) atoms. The number of rotatable bonds is 5. The molecule has 0 radical (unpaired) electrons. The van der Waals surface area contributed by atoms with Crippen LogP contribution in [0.5, 0.6) is 5.75 Å². The highest BCUT2D eigenvalue weighted by Gasteiger charge is 2.20. The third kappa shape index (κ3) is 6.54. The molecular weight excluding hydrogens is 359 g/mol. The summed E-state index contributed by atoms with van der Waals surface area (Å²) in [5, 5.41) is 3.80. The number of hydrogen-bond acceptors (Lipinski definition) is 1. The molecule has 0 saturated heterocycles. The minimum absolute atomic E-state index is 0.679. The highest BCUT2D eigenvalue weighted by molar-refractivity contribution is 7.80. The molecule has 0 amide bonds. The number of hydrogen-bond donors (Lipinski definition) is 0. The monoisotopic (exact) mass is 390 g/mol. The van der Waals surface area contributed by atoms with Crippen LogP contribution < -0.4 is 20.7 Å². The van der Waals surface area contributed by atoms with Gasteiger partial charge in [0.25, 0.3) is 0 Å². The summed E-state index contributed by atoms with van der Waals surface area (Å²) in [7, 11) is -0.689. The van der Waals surface area contributed by atoms with Gasteiger partial charge in [0.2, 0.25) is 0 Å². The molecule has 3 rings (SSSR count). The highest BCUT2D eigenvalue weighted by atomic mass is 31.1. The molecule has 146 valence electrons. The van der Waals surface area contributed by atoms with Crippen LogP contribution in [0.15, 0.2) is 103 Å². The van der Waals surface area contributed by atoms with Gasteiger partial charge in [-0.2, -0.15) is 0 Å². The van der Waals surface area contributed by atoms with E-state index in [0.717, 1.165) is 5.75 Å². The fraction of sp³-hybridized carbons (Fsp3) is 0.192. The number of allylic oxidation sites excluding steroid dienone is 1. The van der Waals surface area contributed by atoms with Gasteiger partial charge >= 0.3 is 0 Å². The van der Waals surface area contributed by atoms with Crippen LogP contribution >= 0.6 is 7.92 Å². The summed E-state index contributed by atoms with van der Waals surface area (Å²) < 4.78 is 5.98. The fourth-order valence-corrected chi connectivity index (χ4v) is 4.88. The van der Waals surface area contributed by atoms with Crippen LogP contribution in [-0.2, 0) is 0 Å². The molecule has 0 unspecified atom stereocenters. The largest absolute Gasteiger partial charge is 0.453 e. The average molecular weight is 391 g/mol. The molecule has 1 nitrogen and oxygen atoms in total. The van der Waals surface area contributed by atoms with Crippen molar-refractivity contribution in [2.45, 2.75) is 34.6 Å². The first-order valence-electron chi connectivity index (χ1n) is 9.83. The maximum Gasteiger partial charge on any atom is 0.142 e. The normalized spacial score (nSPS) is 9.21. The fourth-order valence-electron chi connectivity index (χ4n) is 2.51. The van der Waals surface area contributed by atoms with Gasteiger partial charge in [-0.05, 0) is 24.6 Å². The molecule has 0 atom stereocenters. The summed E-state index contributed by atoms with van der Waals surface area (Å²) in [5.41, 5.74) is 2.81. The first kappa shape index (κ1) is 23.4. The summed E-state index contributed by atoms with van der Waals surface area (Å²) >= 11 is 0. The lowest BCUT2D eigenvalue weighted by Crippen LogP contribution is -2.21. The lowest BCUT2D eigenvalue weighted by atomic mass is 10.3. The second-order valence-corrected chi connectivity index (χ2v) is 7.49. The van der Waals surface area contributed by atoms with Crippen molar-refractivity contribution in [1.82, 2.24) is 0 Å². The summed E-state index contributed by atoms with van der Waals surface area (Å²) in [4.78, 5) is 0. The lowest BCUT2D eigenvalue weighted by molar-refractivity contribution is 0.433. The third-order valence-corrected chi connectivity index (χ3v) is 6.13. The number of para-hydroxylation sites is 1. The molecule has 0 N–H and O–H groups in total. The maximum absolute atomic E-state index is 5.98. The molecule has 3 aromatic carbocycles. The molecule has 3 aromatic rings. The van der Waals surface area contributed by atoms with Crippen LogP contribution in [0.2, 0.25) is 0 Å². The predicted octanol–water partition coefficient (Wildman–Crippen LogP) is 6.56. The smallest absolute Gasteiger partial charge is 0.142 e. The van der Waals surface area contributed by atoms with Crippen molar-refractivity contribution in [1.29, 1.82) is 0 Å². The molecule has 0 bridgehead atoms. The molecule has 0 aliphatic heterocycles. The van der Waals surface area contributed by atoms with Crippen LogP contribution in [-0.4, -0.2) is 0 Å². The van der Waals surface area contributed by atoms with E-state index >= 15 is 0 Å². The van der Waals surface area contributed by atoms with Gasteiger partial charge in [0.15, 0.2) is 0 Å². The summed E-state index contributed by atoms with van der Waals surface area (Å²) in [6.45, 7) is 13.5. The molecular formula is C26H31OP. The third-order valence-electron chi connectivity index (χ3n) is 3.65. The van der Waals surface area contributed by atoms with Gasteiger partial charge in [0.1, 0.15) is 11.5 Å². The van der Waals surface area contributed by atoms with E-state index in [4.69, 9.17) is 4.74 Å². The van der Waals surface area contributed by atoms with E-state index in [9.17, 15) is 0 Å². The van der Waals surface area contributed by atoms with Gasteiger partial charge in [0, 0.05) is 12.2 Å². The zero-order valence-corrected chi connectivity index (χ0v) is 18.5. The minimum atomic E-state index is -0.689. The van der Waals surface area contributed by atoms with Gasteiger partial charge in [-0.3, -0.25) is 0 Å². The van der Waals surface area contributed by atoms with Gasteiger partial charge in [-0.1, -0.05) is 119 Å². The predicted molar refractivity (Wildman–Crippen MR) is 127 cm³/mol. The Labute approximate surface area is 172 Å². The average Bonchev–Trinajstić information content (AvgIpc) is 2.79. The van der Waals surface area contributed by atoms with Crippen LogP contribution in [0.25, 0.3) is 0 Å². The SMILES string of the molecule is C=C=C(C)Oc1ccccc1P(c1ccccc1)c1ccccc1.CC.CC. The number of benzene rings is 3. The Kier molecular flexibility index (Phi) is 11.4. The van der Waals surface area contributed by atoms with Crippen molar-refractivity contribution in [3.8, 4) is 5.75 Å². The zero-order valence-electron chi connectivity index (χ0n) is 17.6. The Balaban J connectivity index is 0.000000921. The van der Waals surface area contributed by atoms with Crippen LogP contribution in [0.1, 0.15) is 34.6 Å². The Morgan fingerprint density at radius 3 is 1.61 bits per heavy atom. The molecule has 0 aliphatic rings. The van der Waals surface area contributed by atoms with E-state index in [-0.39, 0.29) is 0 Å². The van der Waals surface area contributed by atoms with Crippen molar-refractivity contribution >= 4 is 23.8 Å². The van der Waals surface area contributed by atoms with E-state index in [2.05, 4.69) is 85.1 Å². The van der Waals surface area contributed by atoms with E-state index in [1.54, 1.807) is 0 Å². The van der Waals surface area contributed by atoms with Gasteiger partial charge in [0.05, 0.1) is 0 Å². The van der Waals surface area contributed by atoms with Crippen molar-refractivity contribution in [2.24, 2.45) is 0 Å². The van der Waals surface area contributed by atoms with Crippen molar-refractivity contribution in [3.63, 3.8) is 0 Å². The molecule has 0 aliphatic carbocycles. The molecule has 0 saturated carbocycles. The summed E-state index contributed by atoms with van der Waals surface area (Å²) in [5.74, 6) is 1.54. The van der Waals surface area contributed by atoms with Crippen molar-refractivity contribution < 1.29 is 4.74 Å². The molecule has 0 heterocycles. The Bertz CT molecular complexity index is 810. The Morgan fingerprint density at radius 1 is 0.714 bits per heavy atom. The van der Waals surface area contributed by atoms with Crippen molar-refractivity contribution in [2.75, 3.05) is 0 Å². The Morgan fingerprint density at radius 2 is 1.14 bits per heavy atom. The first-order chi connectivity index (χ1) is 13.8. The van der Waals surface area contributed by atoms with E-state index in [1.165, 1.54) is 15.9 Å². The molecule has 0 spiro atoms. The van der Waals surface area contributed by atoms with Gasteiger partial charge in [-0.25, -0.2) is 0 Å². The van der Waals surface area contributed by atoms with Gasteiger partial charge < -0.3 is 4.74 Å². The molecule has 2 heteroatoms. The molecule has 0 aromatic heterocycles. The summed E-state index contributed by atoms with van der Waals surface area (Å²) in [6.07, 6.45) is 0. The van der Waals surface area contributed by atoms with E-state index in [1.807, 2.05) is 46.8 Å². The van der Waals surface area contributed by atoms with Crippen LogP contribution in [0.4, 0.5) is 0 Å². The quantitative estimate of drug-likeness (QED) is 0.272. The highest BCUT2D eigenvalue weighted by Crippen LogP contribution is 2.36. The zero-order chi connectivity index (χ0) is 20.8. The van der Waals surface area contributed by atoms with E-state index < -0.39 is 7.92 Å². The Hall–Kier alpha value is -2.59. The second-order valence-electron chi connectivity index (χ2n) is 5.31. The van der Waals surface area contributed by atoms with E-state index in [0.29, 0.717) is 5.76 Å². The van der Waals surface area contributed by atoms with Crippen molar-refractivity contribution in [3.05, 3.63) is 103 Å². The standard InChI is InChI=1S/C22H19OP.2C2H6/c1-3-18(2)23-21-16-10-11-17-22(21)24(19-12-6-4-7-13-19)20-14-8-5-9-15-20;2*1-2/h4-17H,1H2,2H3;2*1-2H3. The first-order valence-corrected chi connectivity index (χ1v) is 11.2. The summed E-state index contributed by atoms with van der Waals surface area (Å²) in [6, 6.07) is 29.4. The lowest BCUT2D eigenvalue weighted by Gasteiger charge is -2.21. The topological polar surface area (TPSA) is 9.23 Å². The maximum atomic E-state index is 5.98. The minimum Gasteiger partial charge on any atom is -0.453 e.